The lowest BCUT2D eigenvalue weighted by atomic mass is 9.49. The van der Waals surface area contributed by atoms with Gasteiger partial charge in [0.05, 0.1) is 12.2 Å². The van der Waals surface area contributed by atoms with Crippen LogP contribution in [0.25, 0.3) is 0 Å². The minimum Gasteiger partial charge on any atom is -0.387 e. The van der Waals surface area contributed by atoms with Crippen LogP contribution in [-0.2, 0) is 4.74 Å². The predicted molar refractivity (Wildman–Crippen MR) is 101 cm³/mol. The number of fused-ring (bicyclic) bond motifs is 5. The van der Waals surface area contributed by atoms with E-state index in [1.165, 1.54) is 44.9 Å². The van der Waals surface area contributed by atoms with Gasteiger partial charge in [0.1, 0.15) is 0 Å². The van der Waals surface area contributed by atoms with E-state index in [9.17, 15) is 5.11 Å². The van der Waals surface area contributed by atoms with Crippen LogP contribution in [-0.4, -0.2) is 30.1 Å². The highest BCUT2D eigenvalue weighted by molar-refractivity contribution is 5.82. The first kappa shape index (κ1) is 18.0. The molecule has 0 aromatic rings. The summed E-state index contributed by atoms with van der Waals surface area (Å²) in [5, 5.41) is 19.1. The van der Waals surface area contributed by atoms with Crippen molar-refractivity contribution < 1.29 is 9.84 Å². The molecule has 3 nitrogen and oxygen atoms in total. The van der Waals surface area contributed by atoms with Gasteiger partial charge in [-0.1, -0.05) is 6.92 Å². The molecular formula is C22H37NO2. The zero-order chi connectivity index (χ0) is 17.8. The highest BCUT2D eigenvalue weighted by Crippen LogP contribution is 2.64. The molecule has 0 aromatic carbocycles. The van der Waals surface area contributed by atoms with Crippen molar-refractivity contribution in [2.75, 3.05) is 13.7 Å². The molecule has 0 aromatic heterocycles. The lowest BCUT2D eigenvalue weighted by Crippen LogP contribution is -2.52. The molecule has 0 amide bonds. The van der Waals surface area contributed by atoms with E-state index < -0.39 is 5.60 Å². The normalized spacial score (nSPS) is 52.2. The van der Waals surface area contributed by atoms with Crippen LogP contribution in [0.5, 0.6) is 0 Å². The summed E-state index contributed by atoms with van der Waals surface area (Å²) < 4.78 is 5.30. The van der Waals surface area contributed by atoms with Gasteiger partial charge in [0, 0.05) is 18.7 Å². The Morgan fingerprint density at radius 3 is 2.52 bits per heavy atom. The Bertz CT molecular complexity index is 534. The molecule has 0 bridgehead atoms. The highest BCUT2D eigenvalue weighted by Gasteiger charge is 2.58. The van der Waals surface area contributed by atoms with Crippen molar-refractivity contribution in [2.24, 2.45) is 40.9 Å². The number of ether oxygens (including phenoxy) is 1. The van der Waals surface area contributed by atoms with Crippen molar-refractivity contribution in [2.45, 2.75) is 77.2 Å². The lowest BCUT2D eigenvalue weighted by Gasteiger charge is -2.57. The first-order valence-corrected chi connectivity index (χ1v) is 10.6. The molecule has 2 N–H and O–H groups in total. The molecule has 4 rings (SSSR count). The summed E-state index contributed by atoms with van der Waals surface area (Å²) in [6, 6.07) is 0. The molecule has 3 heteroatoms. The quantitative estimate of drug-likeness (QED) is 0.729. The van der Waals surface area contributed by atoms with E-state index in [2.05, 4.69) is 6.92 Å². The van der Waals surface area contributed by atoms with Crippen LogP contribution in [0.4, 0.5) is 0 Å². The molecule has 0 heterocycles. The van der Waals surface area contributed by atoms with Crippen LogP contribution in [0.1, 0.15) is 71.6 Å². The van der Waals surface area contributed by atoms with Gasteiger partial charge in [-0.15, -0.1) is 0 Å². The summed E-state index contributed by atoms with van der Waals surface area (Å²) in [5.74, 6) is 4.69. The third-order valence-electron chi connectivity index (χ3n) is 9.04. The molecule has 4 aliphatic carbocycles. The summed E-state index contributed by atoms with van der Waals surface area (Å²) in [5.41, 5.74) is 0.756. The first-order chi connectivity index (χ1) is 11.9. The maximum Gasteiger partial charge on any atom is 0.0882 e. The Morgan fingerprint density at radius 2 is 1.80 bits per heavy atom. The third-order valence-corrected chi connectivity index (χ3v) is 9.04. The Kier molecular flexibility index (Phi) is 4.56. The molecule has 0 radical (unpaired) electrons. The summed E-state index contributed by atoms with van der Waals surface area (Å²) in [6.07, 6.45) is 11.0. The fourth-order valence-corrected chi connectivity index (χ4v) is 8.07. The van der Waals surface area contributed by atoms with Crippen LogP contribution in [0.15, 0.2) is 0 Å². The van der Waals surface area contributed by atoms with Gasteiger partial charge in [-0.3, -0.25) is 0 Å². The van der Waals surface area contributed by atoms with Crippen molar-refractivity contribution in [3.63, 3.8) is 0 Å². The Labute approximate surface area is 153 Å². The van der Waals surface area contributed by atoms with Gasteiger partial charge in [-0.25, -0.2) is 0 Å². The van der Waals surface area contributed by atoms with E-state index in [0.717, 1.165) is 42.2 Å². The average Bonchev–Trinajstić information content (AvgIpc) is 2.91. The van der Waals surface area contributed by atoms with E-state index in [4.69, 9.17) is 10.1 Å². The number of hydrogen-bond donors (Lipinski definition) is 2. The Balaban J connectivity index is 1.51. The molecule has 25 heavy (non-hydrogen) atoms. The molecule has 7 unspecified atom stereocenters. The minimum absolute atomic E-state index is 0.394. The first-order valence-electron chi connectivity index (χ1n) is 10.6. The fraction of sp³-hybridized carbons (Fsp3) is 0.955. The summed E-state index contributed by atoms with van der Waals surface area (Å²) >= 11 is 0. The standard InChI is InChI=1S/C22H37NO2/c1-14(23)19-6-7-20-18-5-4-15-12-22(24,13-25-3)11-9-16(15)17(18)8-10-21(19,20)2/h15-20,23-24H,4-13H2,1-3H3/t15?,16?,17?,18?,19?,20?,21?,22-/m1/s1. The molecular weight excluding hydrogens is 310 g/mol. The lowest BCUT2D eigenvalue weighted by molar-refractivity contribution is -0.122. The van der Waals surface area contributed by atoms with E-state index in [1.54, 1.807) is 7.11 Å². The van der Waals surface area contributed by atoms with Gasteiger partial charge in [0.25, 0.3) is 0 Å². The largest absolute Gasteiger partial charge is 0.387 e. The fourth-order valence-electron chi connectivity index (χ4n) is 8.07. The molecule has 4 saturated carbocycles. The molecule has 4 aliphatic rings. The van der Waals surface area contributed by atoms with Gasteiger partial charge in [-0.2, -0.15) is 0 Å². The number of methoxy groups -OCH3 is 1. The number of nitrogens with one attached hydrogen (secondary N) is 1. The van der Waals surface area contributed by atoms with Crippen LogP contribution >= 0.6 is 0 Å². The van der Waals surface area contributed by atoms with Gasteiger partial charge >= 0.3 is 0 Å². The van der Waals surface area contributed by atoms with Crippen LogP contribution in [0.3, 0.4) is 0 Å². The van der Waals surface area contributed by atoms with Crippen molar-refractivity contribution in [1.82, 2.24) is 0 Å². The van der Waals surface area contributed by atoms with Crippen LogP contribution < -0.4 is 0 Å². The molecule has 142 valence electrons. The average molecular weight is 348 g/mol. The maximum atomic E-state index is 10.8. The summed E-state index contributed by atoms with van der Waals surface area (Å²) in [4.78, 5) is 0. The van der Waals surface area contributed by atoms with E-state index in [1.807, 2.05) is 6.92 Å². The van der Waals surface area contributed by atoms with E-state index >= 15 is 0 Å². The zero-order valence-corrected chi connectivity index (χ0v) is 16.4. The van der Waals surface area contributed by atoms with Crippen molar-refractivity contribution in [1.29, 1.82) is 5.41 Å². The number of rotatable bonds is 3. The second kappa shape index (κ2) is 6.34. The van der Waals surface area contributed by atoms with Crippen molar-refractivity contribution in [3.05, 3.63) is 0 Å². The highest BCUT2D eigenvalue weighted by atomic mass is 16.5. The molecule has 0 aliphatic heterocycles. The Morgan fingerprint density at radius 1 is 1.04 bits per heavy atom. The monoisotopic (exact) mass is 347 g/mol. The maximum absolute atomic E-state index is 10.8. The summed E-state index contributed by atoms with van der Waals surface area (Å²) in [7, 11) is 1.71. The molecule has 0 spiro atoms. The smallest absolute Gasteiger partial charge is 0.0882 e. The van der Waals surface area contributed by atoms with Crippen molar-refractivity contribution >= 4 is 5.71 Å². The number of aliphatic hydroxyl groups is 1. The molecule has 8 atom stereocenters. The Hall–Kier alpha value is -0.410. The van der Waals surface area contributed by atoms with Gasteiger partial charge < -0.3 is 15.3 Å². The second-order valence-corrected chi connectivity index (χ2v) is 10.2. The van der Waals surface area contributed by atoms with Gasteiger partial charge in [-0.05, 0) is 99.7 Å². The second-order valence-electron chi connectivity index (χ2n) is 10.2. The third kappa shape index (κ3) is 2.81. The number of hydrogen-bond acceptors (Lipinski definition) is 3. The van der Waals surface area contributed by atoms with Crippen LogP contribution in [0.2, 0.25) is 0 Å². The van der Waals surface area contributed by atoms with E-state index in [-0.39, 0.29) is 0 Å². The topological polar surface area (TPSA) is 53.3 Å². The zero-order valence-electron chi connectivity index (χ0n) is 16.4. The summed E-state index contributed by atoms with van der Waals surface area (Å²) in [6.45, 7) is 5.05. The van der Waals surface area contributed by atoms with Crippen LogP contribution in [0, 0.1) is 46.3 Å². The predicted octanol–water partition coefficient (Wildman–Crippen LogP) is 4.67. The molecule has 0 saturated heterocycles. The van der Waals surface area contributed by atoms with E-state index in [0.29, 0.717) is 23.9 Å². The van der Waals surface area contributed by atoms with Gasteiger partial charge in [0.2, 0.25) is 0 Å². The van der Waals surface area contributed by atoms with Crippen molar-refractivity contribution in [3.8, 4) is 0 Å². The SMILES string of the molecule is COC[C@@]1(O)CCC2C(CCC3C2CCC2(C)C(C(C)=N)CCC32)C1. The minimum atomic E-state index is -0.568. The molecule has 4 fully saturated rings. The van der Waals surface area contributed by atoms with Gasteiger partial charge in [0.15, 0.2) is 0 Å².